The van der Waals surface area contributed by atoms with Gasteiger partial charge in [0.1, 0.15) is 10.8 Å². The highest BCUT2D eigenvalue weighted by Gasteiger charge is 2.31. The monoisotopic (exact) mass is 364 g/mol. The Morgan fingerprint density at radius 1 is 1.36 bits per heavy atom. The van der Waals surface area contributed by atoms with Crippen molar-refractivity contribution in [1.29, 1.82) is 0 Å². The third-order valence-corrected chi connectivity index (χ3v) is 4.73. The molecule has 0 spiro atoms. The van der Waals surface area contributed by atoms with Gasteiger partial charge in [-0.05, 0) is 53.0 Å². The number of aromatic nitrogens is 3. The molecule has 1 amide bonds. The van der Waals surface area contributed by atoms with Gasteiger partial charge in [0.25, 0.3) is 0 Å². The number of carbonyl (C=O) groups is 1. The van der Waals surface area contributed by atoms with Gasteiger partial charge >= 0.3 is 6.09 Å². The van der Waals surface area contributed by atoms with Crippen LogP contribution in [0.2, 0.25) is 5.15 Å². The summed E-state index contributed by atoms with van der Waals surface area (Å²) in [6.45, 7) is 8.29. The third-order valence-electron chi connectivity index (χ3n) is 4.33. The van der Waals surface area contributed by atoms with E-state index in [4.69, 9.17) is 16.3 Å². The van der Waals surface area contributed by atoms with Gasteiger partial charge in [-0.1, -0.05) is 11.6 Å². The Morgan fingerprint density at radius 2 is 2.12 bits per heavy atom. The highest BCUT2D eigenvalue weighted by molar-refractivity contribution is 6.30. The first-order valence-corrected chi connectivity index (χ1v) is 9.12. The Kier molecular flexibility index (Phi) is 4.91. The van der Waals surface area contributed by atoms with Crippen molar-refractivity contribution in [2.45, 2.75) is 65.0 Å². The number of hydrogen-bond donors (Lipinski definition) is 0. The van der Waals surface area contributed by atoms with Gasteiger partial charge in [-0.3, -0.25) is 4.40 Å². The van der Waals surface area contributed by atoms with Gasteiger partial charge in [0.15, 0.2) is 0 Å². The number of piperidine rings is 1. The first kappa shape index (κ1) is 18.0. The molecule has 1 atom stereocenters. The molecule has 0 radical (unpaired) electrons. The molecule has 136 valence electrons. The minimum Gasteiger partial charge on any atom is -0.444 e. The van der Waals surface area contributed by atoms with Gasteiger partial charge in [-0.2, -0.15) is 0 Å². The number of imidazole rings is 1. The Balaban J connectivity index is 1.82. The van der Waals surface area contributed by atoms with Crippen molar-refractivity contribution < 1.29 is 9.53 Å². The van der Waals surface area contributed by atoms with Gasteiger partial charge in [0, 0.05) is 30.9 Å². The number of likely N-dealkylation sites (tertiary alicyclic amines) is 1. The number of aryl methyl sites for hydroxylation is 1. The van der Waals surface area contributed by atoms with Crippen molar-refractivity contribution in [2.75, 3.05) is 6.54 Å². The number of rotatable bonds is 2. The molecule has 1 unspecified atom stereocenters. The predicted molar refractivity (Wildman–Crippen MR) is 97.0 cm³/mol. The van der Waals surface area contributed by atoms with Crippen LogP contribution in [0.3, 0.4) is 0 Å². The predicted octanol–water partition coefficient (Wildman–Crippen LogP) is 4.02. The highest BCUT2D eigenvalue weighted by atomic mass is 35.5. The molecule has 3 rings (SSSR count). The van der Waals surface area contributed by atoms with Crippen LogP contribution in [0.4, 0.5) is 4.79 Å². The summed E-state index contributed by atoms with van der Waals surface area (Å²) in [6, 6.07) is 1.95. The quantitative estimate of drug-likeness (QED) is 0.807. The topological polar surface area (TPSA) is 59.7 Å². The molecule has 25 heavy (non-hydrogen) atoms. The van der Waals surface area contributed by atoms with E-state index < -0.39 is 5.60 Å². The number of carbonyl (C=O) groups excluding carboxylic acids is 1. The maximum absolute atomic E-state index is 12.5. The molecule has 1 fully saturated rings. The van der Waals surface area contributed by atoms with E-state index in [1.165, 1.54) is 0 Å². The summed E-state index contributed by atoms with van der Waals surface area (Å²) in [5.74, 6) is 0.597. The van der Waals surface area contributed by atoms with E-state index in [9.17, 15) is 4.79 Å². The van der Waals surface area contributed by atoms with Crippen LogP contribution in [0, 0.1) is 6.92 Å². The lowest BCUT2D eigenvalue weighted by Crippen LogP contribution is -2.47. The van der Waals surface area contributed by atoms with Crippen molar-refractivity contribution in [3.05, 3.63) is 28.8 Å². The van der Waals surface area contributed by atoms with Crippen LogP contribution in [0.5, 0.6) is 0 Å². The summed E-state index contributed by atoms with van der Waals surface area (Å²) in [5, 5.41) is 0.567. The molecular formula is C18H25ClN4O2. The van der Waals surface area contributed by atoms with Crippen molar-refractivity contribution in [3.8, 4) is 0 Å². The average Bonchev–Trinajstić information content (AvgIpc) is 2.81. The second-order valence-electron chi connectivity index (χ2n) is 7.62. The van der Waals surface area contributed by atoms with E-state index in [0.29, 0.717) is 23.9 Å². The molecule has 6 nitrogen and oxygen atoms in total. The fourth-order valence-corrected chi connectivity index (χ4v) is 3.41. The SMILES string of the molecule is Cc1ccn2c(Cl)c(CC3CCCCN3C(=O)OC(C)(C)C)nc2n1. The number of fused-ring (bicyclic) bond motifs is 1. The maximum Gasteiger partial charge on any atom is 0.410 e. The Labute approximate surface area is 153 Å². The summed E-state index contributed by atoms with van der Waals surface area (Å²) in [6.07, 6.45) is 5.24. The van der Waals surface area contributed by atoms with Crippen molar-refractivity contribution in [2.24, 2.45) is 0 Å². The normalized spacial score (nSPS) is 18.6. The minimum absolute atomic E-state index is 0.0482. The first-order chi connectivity index (χ1) is 11.7. The molecule has 3 heterocycles. The van der Waals surface area contributed by atoms with E-state index >= 15 is 0 Å². The largest absolute Gasteiger partial charge is 0.444 e. The summed E-state index contributed by atoms with van der Waals surface area (Å²) in [4.78, 5) is 23.4. The minimum atomic E-state index is -0.499. The maximum atomic E-state index is 12.5. The number of ether oxygens (including phenoxy) is 1. The van der Waals surface area contributed by atoms with E-state index in [2.05, 4.69) is 9.97 Å². The van der Waals surface area contributed by atoms with Crippen LogP contribution < -0.4 is 0 Å². The molecule has 1 saturated heterocycles. The molecule has 0 bridgehead atoms. The van der Waals surface area contributed by atoms with Crippen molar-refractivity contribution in [3.63, 3.8) is 0 Å². The molecule has 1 aliphatic rings. The first-order valence-electron chi connectivity index (χ1n) is 8.74. The smallest absolute Gasteiger partial charge is 0.410 e. The standard InChI is InChI=1S/C18H25ClN4O2/c1-12-8-10-23-15(19)14(21-16(23)20-12)11-13-7-5-6-9-22(13)17(24)25-18(2,3)4/h8,10,13H,5-7,9,11H2,1-4H3. The zero-order valence-corrected chi connectivity index (χ0v) is 16.0. The molecule has 0 aromatic carbocycles. The summed E-state index contributed by atoms with van der Waals surface area (Å²) >= 11 is 6.49. The third kappa shape index (κ3) is 4.06. The molecular weight excluding hydrogens is 340 g/mol. The van der Waals surface area contributed by atoms with E-state index in [1.807, 2.05) is 44.9 Å². The Morgan fingerprint density at radius 3 is 2.84 bits per heavy atom. The number of hydrogen-bond acceptors (Lipinski definition) is 4. The van der Waals surface area contributed by atoms with Crippen LogP contribution in [0.15, 0.2) is 12.3 Å². The van der Waals surface area contributed by atoms with Gasteiger partial charge in [0.05, 0.1) is 5.69 Å². The zero-order chi connectivity index (χ0) is 18.2. The molecule has 0 aliphatic carbocycles. The molecule has 2 aromatic heterocycles. The fraction of sp³-hybridized carbons (Fsp3) is 0.611. The Bertz CT molecular complexity index is 781. The summed E-state index contributed by atoms with van der Waals surface area (Å²) in [5.41, 5.74) is 1.18. The van der Waals surface area contributed by atoms with Gasteiger partial charge in [-0.25, -0.2) is 14.8 Å². The van der Waals surface area contributed by atoms with Crippen LogP contribution in [0.25, 0.3) is 5.78 Å². The van der Waals surface area contributed by atoms with Crippen LogP contribution >= 0.6 is 11.6 Å². The van der Waals surface area contributed by atoms with Gasteiger partial charge < -0.3 is 9.64 Å². The van der Waals surface area contributed by atoms with Crippen molar-refractivity contribution >= 4 is 23.5 Å². The van der Waals surface area contributed by atoms with Gasteiger partial charge in [0.2, 0.25) is 5.78 Å². The van der Waals surface area contributed by atoms with Crippen molar-refractivity contribution in [1.82, 2.24) is 19.3 Å². The fourth-order valence-electron chi connectivity index (χ4n) is 3.16. The number of amides is 1. The summed E-state index contributed by atoms with van der Waals surface area (Å²) < 4.78 is 7.35. The second-order valence-corrected chi connectivity index (χ2v) is 7.97. The molecule has 1 aliphatic heterocycles. The van der Waals surface area contributed by atoms with Crippen LogP contribution in [0.1, 0.15) is 51.4 Å². The average molecular weight is 365 g/mol. The highest BCUT2D eigenvalue weighted by Crippen LogP contribution is 2.26. The lowest BCUT2D eigenvalue weighted by atomic mass is 9.98. The van der Waals surface area contributed by atoms with Crippen LogP contribution in [-0.2, 0) is 11.2 Å². The lowest BCUT2D eigenvalue weighted by Gasteiger charge is -2.36. The molecule has 0 saturated carbocycles. The molecule has 7 heteroatoms. The molecule has 2 aromatic rings. The second kappa shape index (κ2) is 6.83. The lowest BCUT2D eigenvalue weighted by molar-refractivity contribution is 0.00986. The number of halogens is 1. The van der Waals surface area contributed by atoms with Crippen LogP contribution in [-0.4, -0.2) is 43.5 Å². The Hall–Kier alpha value is -1.82. The van der Waals surface area contributed by atoms with E-state index in [0.717, 1.165) is 30.7 Å². The van der Waals surface area contributed by atoms with E-state index in [1.54, 1.807) is 4.40 Å². The zero-order valence-electron chi connectivity index (χ0n) is 15.3. The number of nitrogens with zero attached hydrogens (tertiary/aromatic N) is 4. The summed E-state index contributed by atoms with van der Waals surface area (Å²) in [7, 11) is 0. The molecule has 0 N–H and O–H groups in total. The van der Waals surface area contributed by atoms with E-state index in [-0.39, 0.29) is 12.1 Å². The van der Waals surface area contributed by atoms with Gasteiger partial charge in [-0.15, -0.1) is 0 Å².